The first kappa shape index (κ1) is 20.4. The molecule has 1 heterocycles. The quantitative estimate of drug-likeness (QED) is 0.532. The lowest BCUT2D eigenvalue weighted by molar-refractivity contribution is 0.102. The molecule has 0 unspecified atom stereocenters. The Morgan fingerprint density at radius 3 is 2.43 bits per heavy atom. The molecule has 2 N–H and O–H groups in total. The highest BCUT2D eigenvalue weighted by Crippen LogP contribution is 2.25. The van der Waals surface area contributed by atoms with Crippen molar-refractivity contribution in [2.24, 2.45) is 0 Å². The van der Waals surface area contributed by atoms with Crippen LogP contribution in [0.4, 0.5) is 11.4 Å². The van der Waals surface area contributed by atoms with Crippen LogP contribution in [0.1, 0.15) is 36.0 Å². The van der Waals surface area contributed by atoms with E-state index >= 15 is 0 Å². The Morgan fingerprint density at radius 1 is 0.967 bits per heavy atom. The highest BCUT2D eigenvalue weighted by molar-refractivity contribution is 7.94. The van der Waals surface area contributed by atoms with Gasteiger partial charge in [-0.05, 0) is 79.6 Å². The van der Waals surface area contributed by atoms with Crippen LogP contribution in [0.5, 0.6) is 5.75 Å². The Hall–Kier alpha value is -2.84. The summed E-state index contributed by atoms with van der Waals surface area (Å²) >= 11 is 1.13. The molecular weight excluding hydrogens is 420 g/mol. The van der Waals surface area contributed by atoms with Crippen LogP contribution in [-0.2, 0) is 10.0 Å². The Kier molecular flexibility index (Phi) is 6.06. The van der Waals surface area contributed by atoms with Crippen LogP contribution in [-0.4, -0.2) is 20.4 Å². The van der Waals surface area contributed by atoms with E-state index < -0.39 is 10.0 Å². The molecule has 1 aromatic heterocycles. The largest absolute Gasteiger partial charge is 0.490 e. The van der Waals surface area contributed by atoms with E-state index in [1.54, 1.807) is 41.8 Å². The molecule has 30 heavy (non-hydrogen) atoms. The number of benzene rings is 2. The molecule has 1 fully saturated rings. The Labute approximate surface area is 180 Å². The van der Waals surface area contributed by atoms with Gasteiger partial charge in [-0.2, -0.15) is 0 Å². The molecule has 1 amide bonds. The van der Waals surface area contributed by atoms with Crippen LogP contribution < -0.4 is 14.8 Å². The summed E-state index contributed by atoms with van der Waals surface area (Å²) < 4.78 is 33.4. The van der Waals surface area contributed by atoms with Crippen molar-refractivity contribution < 1.29 is 17.9 Å². The number of ether oxygens (including phenoxy) is 1. The van der Waals surface area contributed by atoms with Crippen LogP contribution >= 0.6 is 11.3 Å². The molecular formula is C22H22N2O4S2. The normalized spacial score (nSPS) is 14.4. The molecule has 6 nitrogen and oxygen atoms in total. The van der Waals surface area contributed by atoms with Crippen LogP contribution in [0.3, 0.4) is 0 Å². The Balaban J connectivity index is 1.40. The molecule has 0 aliphatic heterocycles. The van der Waals surface area contributed by atoms with Gasteiger partial charge in [0.25, 0.3) is 15.9 Å². The molecule has 2 aromatic carbocycles. The van der Waals surface area contributed by atoms with E-state index in [0.717, 1.165) is 29.9 Å². The first-order valence-electron chi connectivity index (χ1n) is 9.74. The predicted octanol–water partition coefficient (Wildman–Crippen LogP) is 5.12. The second kappa shape index (κ2) is 8.89. The van der Waals surface area contributed by atoms with Crippen molar-refractivity contribution in [3.63, 3.8) is 0 Å². The van der Waals surface area contributed by atoms with E-state index in [2.05, 4.69) is 10.0 Å². The molecule has 3 aromatic rings. The summed E-state index contributed by atoms with van der Waals surface area (Å²) in [6.07, 6.45) is 4.88. The van der Waals surface area contributed by atoms with Crippen molar-refractivity contribution in [2.75, 3.05) is 10.0 Å². The van der Waals surface area contributed by atoms with E-state index in [0.29, 0.717) is 16.9 Å². The summed E-state index contributed by atoms with van der Waals surface area (Å²) in [5.74, 6) is 0.474. The smallest absolute Gasteiger partial charge is 0.271 e. The number of hydrogen-bond acceptors (Lipinski definition) is 5. The number of carbonyl (C=O) groups is 1. The van der Waals surface area contributed by atoms with Gasteiger partial charge in [-0.3, -0.25) is 9.52 Å². The van der Waals surface area contributed by atoms with E-state index in [1.807, 2.05) is 12.1 Å². The number of carbonyl (C=O) groups excluding carboxylic acids is 1. The molecule has 0 saturated heterocycles. The minimum absolute atomic E-state index is 0.220. The van der Waals surface area contributed by atoms with E-state index in [4.69, 9.17) is 4.74 Å². The van der Waals surface area contributed by atoms with E-state index in [9.17, 15) is 13.2 Å². The van der Waals surface area contributed by atoms with Crippen LogP contribution in [0.25, 0.3) is 0 Å². The van der Waals surface area contributed by atoms with Gasteiger partial charge in [0.2, 0.25) is 0 Å². The lowest BCUT2D eigenvalue weighted by Gasteiger charge is -2.13. The SMILES string of the molecule is O=C(Nc1ccc(OC2CCCC2)cc1)c1cccc(NS(=O)(=O)c2cccs2)c1. The number of sulfonamides is 1. The van der Waals surface area contributed by atoms with Crippen LogP contribution in [0.15, 0.2) is 70.3 Å². The fraction of sp³-hybridized carbons (Fsp3) is 0.227. The predicted molar refractivity (Wildman–Crippen MR) is 119 cm³/mol. The summed E-state index contributed by atoms with van der Waals surface area (Å²) in [4.78, 5) is 12.6. The maximum Gasteiger partial charge on any atom is 0.271 e. The second-order valence-electron chi connectivity index (χ2n) is 7.12. The maximum absolute atomic E-state index is 12.6. The minimum Gasteiger partial charge on any atom is -0.490 e. The van der Waals surface area contributed by atoms with Crippen molar-refractivity contribution in [1.82, 2.24) is 0 Å². The number of amides is 1. The van der Waals surface area contributed by atoms with Gasteiger partial charge in [-0.1, -0.05) is 12.1 Å². The minimum atomic E-state index is -3.66. The highest BCUT2D eigenvalue weighted by Gasteiger charge is 2.17. The van der Waals surface area contributed by atoms with Crippen LogP contribution in [0.2, 0.25) is 0 Å². The van der Waals surface area contributed by atoms with Crippen molar-refractivity contribution in [3.05, 3.63) is 71.6 Å². The zero-order chi connectivity index (χ0) is 21.0. The van der Waals surface area contributed by atoms with Gasteiger partial charge in [0.15, 0.2) is 0 Å². The first-order chi connectivity index (χ1) is 14.5. The third-order valence-corrected chi connectivity index (χ3v) is 7.63. The summed E-state index contributed by atoms with van der Waals surface area (Å²) in [7, 11) is -3.66. The van der Waals surface area contributed by atoms with Crippen molar-refractivity contribution >= 4 is 38.6 Å². The average Bonchev–Trinajstić information content (AvgIpc) is 3.44. The fourth-order valence-corrected chi connectivity index (χ4v) is 5.41. The number of hydrogen-bond donors (Lipinski definition) is 2. The van der Waals surface area contributed by atoms with E-state index in [1.165, 1.54) is 25.0 Å². The molecule has 156 valence electrons. The molecule has 0 radical (unpaired) electrons. The lowest BCUT2D eigenvalue weighted by Crippen LogP contribution is -2.14. The third-order valence-electron chi connectivity index (χ3n) is 4.85. The third kappa shape index (κ3) is 5.01. The summed E-state index contributed by atoms with van der Waals surface area (Å²) in [6, 6.07) is 16.9. The van der Waals surface area contributed by atoms with Gasteiger partial charge >= 0.3 is 0 Å². The van der Waals surface area contributed by atoms with Gasteiger partial charge in [0.1, 0.15) is 9.96 Å². The molecule has 4 rings (SSSR count). The summed E-state index contributed by atoms with van der Waals surface area (Å²) in [6.45, 7) is 0. The monoisotopic (exact) mass is 442 g/mol. The van der Waals surface area contributed by atoms with Gasteiger partial charge in [0.05, 0.1) is 6.10 Å². The second-order valence-corrected chi connectivity index (χ2v) is 9.98. The molecule has 0 atom stereocenters. The molecule has 1 aliphatic rings. The van der Waals surface area contributed by atoms with Crippen LogP contribution in [0, 0.1) is 0 Å². The standard InChI is InChI=1S/C22H22N2O4S2/c25-22(23-17-10-12-20(13-11-17)28-19-7-1-2-8-19)16-5-3-6-18(15-16)24-30(26,27)21-9-4-14-29-21/h3-6,9-15,19,24H,1-2,7-8H2,(H,23,25). The topological polar surface area (TPSA) is 84.5 Å². The molecule has 1 saturated carbocycles. The Bertz CT molecular complexity index is 1100. The van der Waals surface area contributed by atoms with Gasteiger partial charge < -0.3 is 10.1 Å². The van der Waals surface area contributed by atoms with Gasteiger partial charge in [-0.15, -0.1) is 11.3 Å². The molecule has 0 spiro atoms. The zero-order valence-corrected chi connectivity index (χ0v) is 17.8. The van der Waals surface area contributed by atoms with Crippen molar-refractivity contribution in [2.45, 2.75) is 36.0 Å². The zero-order valence-electron chi connectivity index (χ0n) is 16.2. The molecule has 1 aliphatic carbocycles. The summed E-state index contributed by atoms with van der Waals surface area (Å²) in [5.41, 5.74) is 1.33. The van der Waals surface area contributed by atoms with Gasteiger partial charge in [0, 0.05) is 16.9 Å². The van der Waals surface area contributed by atoms with Crippen molar-refractivity contribution in [3.8, 4) is 5.75 Å². The number of anilines is 2. The number of rotatable bonds is 7. The van der Waals surface area contributed by atoms with Crippen molar-refractivity contribution in [1.29, 1.82) is 0 Å². The number of nitrogens with one attached hydrogen (secondary N) is 2. The Morgan fingerprint density at radius 2 is 1.73 bits per heavy atom. The number of thiophene rings is 1. The van der Waals surface area contributed by atoms with Gasteiger partial charge in [-0.25, -0.2) is 8.42 Å². The maximum atomic E-state index is 12.6. The molecule has 0 bridgehead atoms. The average molecular weight is 443 g/mol. The summed E-state index contributed by atoms with van der Waals surface area (Å²) in [5, 5.41) is 4.52. The first-order valence-corrected chi connectivity index (χ1v) is 12.1. The fourth-order valence-electron chi connectivity index (χ4n) is 3.36. The highest BCUT2D eigenvalue weighted by atomic mass is 32.2. The molecule has 8 heteroatoms. The van der Waals surface area contributed by atoms with E-state index in [-0.39, 0.29) is 16.2 Å². The lowest BCUT2D eigenvalue weighted by atomic mass is 10.2.